The zero-order chi connectivity index (χ0) is 20.2. The average Bonchev–Trinajstić information content (AvgIpc) is 3.07. The van der Waals surface area contributed by atoms with Crippen molar-refractivity contribution in [3.05, 3.63) is 60.0 Å². The molecule has 29 heavy (non-hydrogen) atoms. The fraction of sp³-hybridized carbons (Fsp3) is 0.238. The maximum Gasteiger partial charge on any atom is 0.255 e. The van der Waals surface area contributed by atoms with Crippen molar-refractivity contribution < 1.29 is 18.7 Å². The van der Waals surface area contributed by atoms with E-state index >= 15 is 0 Å². The van der Waals surface area contributed by atoms with Crippen molar-refractivity contribution in [2.45, 2.75) is 19.3 Å². The van der Waals surface area contributed by atoms with E-state index in [0.29, 0.717) is 46.1 Å². The first kappa shape index (κ1) is 18.7. The molecule has 0 atom stereocenters. The number of rotatable bonds is 5. The molecule has 0 spiro atoms. The summed E-state index contributed by atoms with van der Waals surface area (Å²) in [5, 5.41) is 2.89. The van der Waals surface area contributed by atoms with Gasteiger partial charge in [-0.25, -0.2) is 4.98 Å². The van der Waals surface area contributed by atoms with Crippen molar-refractivity contribution in [2.24, 2.45) is 0 Å². The number of amides is 1. The van der Waals surface area contributed by atoms with Crippen molar-refractivity contribution in [3.63, 3.8) is 0 Å². The first-order valence-electron chi connectivity index (χ1n) is 9.18. The summed E-state index contributed by atoms with van der Waals surface area (Å²) in [4.78, 5) is 25.6. The molecule has 1 aliphatic rings. The van der Waals surface area contributed by atoms with Crippen LogP contribution in [-0.4, -0.2) is 35.1 Å². The van der Waals surface area contributed by atoms with Crippen LogP contribution in [-0.2, 0) is 14.3 Å². The Kier molecular flexibility index (Phi) is 5.24. The van der Waals surface area contributed by atoms with Crippen LogP contribution >= 0.6 is 0 Å². The maximum atomic E-state index is 12.9. The number of anilines is 1. The highest BCUT2D eigenvalue weighted by atomic mass is 16.5. The van der Waals surface area contributed by atoms with Crippen molar-refractivity contribution in [1.29, 1.82) is 0 Å². The van der Waals surface area contributed by atoms with Gasteiger partial charge in [-0.15, -0.1) is 0 Å². The third-order valence-electron chi connectivity index (χ3n) is 4.60. The van der Waals surface area contributed by atoms with Gasteiger partial charge in [-0.2, -0.15) is 4.98 Å². The van der Waals surface area contributed by atoms with Gasteiger partial charge < -0.3 is 19.2 Å². The van der Waals surface area contributed by atoms with Gasteiger partial charge in [0.1, 0.15) is 5.76 Å². The number of nitrogens with one attached hydrogen (secondary N) is 1. The second-order valence-electron chi connectivity index (χ2n) is 6.48. The highest BCUT2D eigenvalue weighted by molar-refractivity contribution is 6.04. The molecule has 3 aromatic heterocycles. The molecule has 0 aliphatic heterocycles. The molecule has 0 aromatic carbocycles. The van der Waals surface area contributed by atoms with Crippen molar-refractivity contribution in [3.8, 4) is 11.5 Å². The predicted molar refractivity (Wildman–Crippen MR) is 107 cm³/mol. The molecule has 3 aromatic rings. The van der Waals surface area contributed by atoms with Crippen molar-refractivity contribution in [1.82, 2.24) is 15.0 Å². The number of allylic oxidation sites excluding steroid dienone is 2. The number of hydrogen-bond acceptors (Lipinski definition) is 7. The summed E-state index contributed by atoms with van der Waals surface area (Å²) in [6.07, 6.45) is 8.75. The number of oxazole rings is 1. The molecule has 1 amide bonds. The first-order valence-corrected chi connectivity index (χ1v) is 9.18. The Labute approximate surface area is 167 Å². The van der Waals surface area contributed by atoms with Crippen LogP contribution in [0.2, 0.25) is 0 Å². The van der Waals surface area contributed by atoms with Gasteiger partial charge in [0, 0.05) is 24.9 Å². The molecule has 0 saturated carbocycles. The van der Waals surface area contributed by atoms with Gasteiger partial charge in [0.05, 0.1) is 43.0 Å². The minimum Gasteiger partial charge on any atom is -0.501 e. The standard InChI is InChI=1S/C21H20N4O4/c1-27-15-5-3-6-16(18(10-15)28-2)20(26)24-14-9-13(11-22-12-14)21-25-19-17(29-21)7-4-8-23-19/h4,7-12H,3,5-6H2,1-2H3,(H,24,26). The van der Waals surface area contributed by atoms with Crippen LogP contribution in [0.3, 0.4) is 0 Å². The number of carbonyl (C=O) groups excluding carboxylic acids is 1. The normalized spacial score (nSPS) is 14.3. The number of methoxy groups -OCH3 is 2. The summed E-state index contributed by atoms with van der Waals surface area (Å²) in [5.74, 6) is 1.44. The van der Waals surface area contributed by atoms with E-state index in [-0.39, 0.29) is 5.91 Å². The fourth-order valence-corrected chi connectivity index (χ4v) is 3.16. The third-order valence-corrected chi connectivity index (χ3v) is 4.60. The number of hydrogen-bond donors (Lipinski definition) is 1. The van der Waals surface area contributed by atoms with Crippen LogP contribution in [0.15, 0.2) is 64.4 Å². The summed E-state index contributed by atoms with van der Waals surface area (Å²) in [7, 11) is 3.16. The fourth-order valence-electron chi connectivity index (χ4n) is 3.16. The quantitative estimate of drug-likeness (QED) is 0.704. The van der Waals surface area contributed by atoms with E-state index in [4.69, 9.17) is 13.9 Å². The Morgan fingerprint density at radius 1 is 1.21 bits per heavy atom. The van der Waals surface area contributed by atoms with E-state index in [0.717, 1.165) is 18.6 Å². The monoisotopic (exact) mass is 392 g/mol. The van der Waals surface area contributed by atoms with Crippen LogP contribution < -0.4 is 5.32 Å². The molecule has 0 saturated heterocycles. The molecule has 0 fully saturated rings. The number of ether oxygens (including phenoxy) is 2. The smallest absolute Gasteiger partial charge is 0.255 e. The maximum absolute atomic E-state index is 12.9. The molecule has 0 radical (unpaired) electrons. The van der Waals surface area contributed by atoms with E-state index in [9.17, 15) is 4.79 Å². The lowest BCUT2D eigenvalue weighted by Crippen LogP contribution is -2.16. The Hall–Kier alpha value is -3.68. The second-order valence-corrected chi connectivity index (χ2v) is 6.48. The molecule has 8 nitrogen and oxygen atoms in total. The molecule has 148 valence electrons. The van der Waals surface area contributed by atoms with Gasteiger partial charge >= 0.3 is 0 Å². The summed E-state index contributed by atoms with van der Waals surface area (Å²) in [5.41, 5.74) is 2.85. The number of nitrogens with zero attached hydrogens (tertiary/aromatic N) is 3. The topological polar surface area (TPSA) is 99.4 Å². The Morgan fingerprint density at radius 3 is 2.90 bits per heavy atom. The van der Waals surface area contributed by atoms with Gasteiger partial charge in [0.25, 0.3) is 5.91 Å². The summed E-state index contributed by atoms with van der Waals surface area (Å²) in [6.45, 7) is 0. The van der Waals surface area contributed by atoms with E-state index in [2.05, 4.69) is 20.3 Å². The Morgan fingerprint density at radius 2 is 2.10 bits per heavy atom. The van der Waals surface area contributed by atoms with Gasteiger partial charge in [-0.1, -0.05) is 0 Å². The van der Waals surface area contributed by atoms with Crippen LogP contribution in [0.5, 0.6) is 0 Å². The zero-order valence-corrected chi connectivity index (χ0v) is 16.1. The first-order chi connectivity index (χ1) is 14.2. The highest BCUT2D eigenvalue weighted by Crippen LogP contribution is 2.27. The van der Waals surface area contributed by atoms with Crippen LogP contribution in [0.1, 0.15) is 19.3 Å². The van der Waals surface area contributed by atoms with Gasteiger partial charge in [0.15, 0.2) is 11.2 Å². The Balaban J connectivity index is 1.59. The van der Waals surface area contributed by atoms with E-state index < -0.39 is 0 Å². The number of fused-ring (bicyclic) bond motifs is 1. The lowest BCUT2D eigenvalue weighted by Gasteiger charge is -2.11. The van der Waals surface area contributed by atoms with Crippen LogP contribution in [0.25, 0.3) is 22.7 Å². The number of aromatic nitrogens is 3. The lowest BCUT2D eigenvalue weighted by molar-refractivity contribution is -0.113. The van der Waals surface area contributed by atoms with Crippen LogP contribution in [0.4, 0.5) is 5.69 Å². The highest BCUT2D eigenvalue weighted by Gasteiger charge is 2.20. The third kappa shape index (κ3) is 3.96. The minimum absolute atomic E-state index is 0.242. The molecule has 3 heterocycles. The van der Waals surface area contributed by atoms with Gasteiger partial charge in [-0.3, -0.25) is 9.78 Å². The summed E-state index contributed by atoms with van der Waals surface area (Å²) < 4.78 is 16.5. The Bertz CT molecular complexity index is 1080. The number of pyridine rings is 2. The minimum atomic E-state index is -0.242. The van der Waals surface area contributed by atoms with E-state index in [1.54, 1.807) is 57.1 Å². The molecule has 1 N–H and O–H groups in total. The molecular weight excluding hydrogens is 372 g/mol. The number of carbonyl (C=O) groups is 1. The van der Waals surface area contributed by atoms with Crippen molar-refractivity contribution >= 4 is 22.8 Å². The van der Waals surface area contributed by atoms with Crippen LogP contribution in [0, 0.1) is 0 Å². The largest absolute Gasteiger partial charge is 0.501 e. The van der Waals surface area contributed by atoms with Gasteiger partial charge in [0.2, 0.25) is 5.89 Å². The summed E-state index contributed by atoms with van der Waals surface area (Å²) >= 11 is 0. The SMILES string of the molecule is COC1=CC(OC)=C(C(=O)Nc2cncc(-c3nc4ncccc4o3)c2)CCC1. The average molecular weight is 392 g/mol. The van der Waals surface area contributed by atoms with E-state index in [1.165, 1.54) is 0 Å². The van der Waals surface area contributed by atoms with E-state index in [1.807, 2.05) is 0 Å². The zero-order valence-electron chi connectivity index (χ0n) is 16.1. The molecule has 8 heteroatoms. The molecule has 4 rings (SSSR count). The molecule has 0 bridgehead atoms. The van der Waals surface area contributed by atoms with Gasteiger partial charge in [-0.05, 0) is 31.0 Å². The molecule has 1 aliphatic carbocycles. The molecular formula is C21H20N4O4. The molecule has 0 unspecified atom stereocenters. The predicted octanol–water partition coefficient (Wildman–Crippen LogP) is 3.84. The lowest BCUT2D eigenvalue weighted by atomic mass is 10.1. The second kappa shape index (κ2) is 8.14. The summed E-state index contributed by atoms with van der Waals surface area (Å²) in [6, 6.07) is 5.34. The van der Waals surface area contributed by atoms with Crippen molar-refractivity contribution in [2.75, 3.05) is 19.5 Å².